The molecular weight excluding hydrogens is 441 g/mol. The fourth-order valence-corrected chi connectivity index (χ4v) is 2.94. The molecule has 0 aliphatic rings. The normalized spacial score (nSPS) is 11.0. The Kier molecular flexibility index (Phi) is 11.9. The number of carbonyl (C=O) groups is 1. The summed E-state index contributed by atoms with van der Waals surface area (Å²) in [4.78, 5) is 42.4. The molecule has 0 saturated carbocycles. The molecule has 0 unspecified atom stereocenters. The van der Waals surface area contributed by atoms with E-state index in [0.29, 0.717) is 0 Å². The Morgan fingerprint density at radius 3 is 2.36 bits per heavy atom. The van der Waals surface area contributed by atoms with Crippen LogP contribution < -0.4 is 16.6 Å². The number of aromatic hydroxyl groups is 1. The number of rotatable bonds is 5. The minimum atomic E-state index is -4.46. The molecule has 0 spiro atoms. The van der Waals surface area contributed by atoms with Crippen LogP contribution >= 0.6 is 7.60 Å². The Hall–Kier alpha value is 0.463. The molecule has 28 heavy (non-hydrogen) atoms. The number of pyridine rings is 1. The molecule has 0 saturated heterocycles. The Labute approximate surface area is 245 Å². The average molecular weight is 458 g/mol. The number of hydrogen-bond donors (Lipinski definition) is 4. The van der Waals surface area contributed by atoms with Crippen molar-refractivity contribution in [2.75, 3.05) is 0 Å². The van der Waals surface area contributed by atoms with Gasteiger partial charge in [-0.05, 0) is 32.0 Å². The maximum atomic E-state index is 12.4. The number of nitrogens with zero attached hydrogens (tertiary/aromatic N) is 3. The fraction of sp³-hybridized carbons (Fsp3) is 0.200. The van der Waals surface area contributed by atoms with E-state index in [9.17, 15) is 29.0 Å². The van der Waals surface area contributed by atoms with E-state index in [0.717, 1.165) is 10.6 Å². The molecule has 0 atom stereocenters. The largest absolute Gasteiger partial charge is 0.494 e. The molecule has 1 aromatic heterocycles. The van der Waals surface area contributed by atoms with Crippen molar-refractivity contribution in [3.63, 3.8) is 0 Å². The minimum Gasteiger partial charge on any atom is -0.494 e. The van der Waals surface area contributed by atoms with Gasteiger partial charge in [0.25, 0.3) is 11.5 Å². The molecule has 1 amide bonds. The first kappa shape index (κ1) is 28.5. The van der Waals surface area contributed by atoms with Crippen LogP contribution in [-0.4, -0.2) is 128 Å². The van der Waals surface area contributed by atoms with Crippen LogP contribution in [0.25, 0.3) is 0 Å². The van der Waals surface area contributed by atoms with Gasteiger partial charge in [0.1, 0.15) is 5.56 Å². The van der Waals surface area contributed by atoms with Crippen molar-refractivity contribution < 1.29 is 24.3 Å². The first-order valence-electron chi connectivity index (χ1n) is 7.42. The van der Waals surface area contributed by atoms with Crippen LogP contribution in [0.2, 0.25) is 0 Å². The van der Waals surface area contributed by atoms with Gasteiger partial charge in [-0.15, -0.1) is 5.11 Å². The second kappa shape index (κ2) is 11.7. The van der Waals surface area contributed by atoms with Gasteiger partial charge in [-0.25, -0.2) is 0 Å². The molecule has 0 aliphatic carbocycles. The third-order valence-electron chi connectivity index (χ3n) is 3.65. The van der Waals surface area contributed by atoms with Gasteiger partial charge in [0.2, 0.25) is 5.88 Å². The molecule has 140 valence electrons. The molecule has 1 aromatic carbocycles. The van der Waals surface area contributed by atoms with Gasteiger partial charge >= 0.3 is 7.60 Å². The summed E-state index contributed by atoms with van der Waals surface area (Å²) >= 11 is 0. The molecule has 0 bridgehead atoms. The van der Waals surface area contributed by atoms with E-state index >= 15 is 0 Å². The van der Waals surface area contributed by atoms with Crippen molar-refractivity contribution in [2.24, 2.45) is 16.0 Å². The molecule has 10 nitrogen and oxygen atoms in total. The monoisotopic (exact) mass is 458 g/mol. The van der Waals surface area contributed by atoms with Crippen molar-refractivity contribution in [1.82, 2.24) is 4.57 Å². The quantitative estimate of drug-likeness (QED) is 0.288. The molecule has 1 heterocycles. The average Bonchev–Trinajstić information content (AvgIpc) is 2.54. The van der Waals surface area contributed by atoms with Crippen LogP contribution in [0.3, 0.4) is 0 Å². The predicted octanol–water partition coefficient (Wildman–Crippen LogP) is 0.438. The predicted molar refractivity (Wildman–Crippen MR) is 105 cm³/mol. The van der Waals surface area contributed by atoms with E-state index in [-0.39, 0.29) is 137 Å². The summed E-state index contributed by atoms with van der Waals surface area (Å²) < 4.78 is 12.2. The molecule has 5 N–H and O–H groups in total. The summed E-state index contributed by atoms with van der Waals surface area (Å²) in [5, 5.41) is 17.4. The van der Waals surface area contributed by atoms with Gasteiger partial charge in [-0.2, -0.15) is 5.11 Å². The third kappa shape index (κ3) is 6.48. The van der Waals surface area contributed by atoms with Crippen molar-refractivity contribution in [3.8, 4) is 5.88 Å². The van der Waals surface area contributed by atoms with Crippen molar-refractivity contribution in [1.29, 1.82) is 0 Å². The molecule has 0 fully saturated rings. The SMILES string of the molecule is CCn1c(O)c(C(N)=O)c(C)c(N=Nc2cccc(P(=O)(O)O)c2)c1=O.[K].[K]. The Bertz CT molecular complexity index is 1020. The molecule has 2 rings (SSSR count). The Morgan fingerprint density at radius 1 is 1.25 bits per heavy atom. The first-order chi connectivity index (χ1) is 12.1. The maximum Gasteiger partial charge on any atom is 0.356 e. The zero-order valence-electron chi connectivity index (χ0n) is 15.9. The number of hydrogen-bond acceptors (Lipinski definition) is 6. The number of amides is 1. The maximum absolute atomic E-state index is 12.4. The fourth-order valence-electron chi connectivity index (χ4n) is 2.36. The van der Waals surface area contributed by atoms with Gasteiger partial charge in [0, 0.05) is 115 Å². The minimum absolute atomic E-state index is 0. The third-order valence-corrected chi connectivity index (χ3v) is 4.60. The summed E-state index contributed by atoms with van der Waals surface area (Å²) in [6.45, 7) is 3.05. The topological polar surface area (TPSA) is 168 Å². The number of azo groups is 1. The van der Waals surface area contributed by atoms with Crippen LogP contribution in [0, 0.1) is 6.92 Å². The summed E-state index contributed by atoms with van der Waals surface area (Å²) in [7, 11) is -4.46. The zero-order valence-corrected chi connectivity index (χ0v) is 23.1. The smallest absolute Gasteiger partial charge is 0.356 e. The molecule has 0 aliphatic heterocycles. The van der Waals surface area contributed by atoms with Gasteiger partial charge in [-0.1, -0.05) is 6.07 Å². The standard InChI is InChI=1S/C15H17N4O6P.2K/c1-3-19-14(21)11(13(16)20)8(2)12(15(19)22)18-17-9-5-4-6-10(7-9)26(23,24)25;;/h4-7,21H,3H2,1-2H3,(H2,16,20)(H2,23,24,25);;. The van der Waals surface area contributed by atoms with Gasteiger partial charge in [0.05, 0.1) is 11.0 Å². The van der Waals surface area contributed by atoms with Crippen LogP contribution in [-0.2, 0) is 11.1 Å². The van der Waals surface area contributed by atoms with Crippen molar-refractivity contribution in [3.05, 3.63) is 45.7 Å². The number of aromatic nitrogens is 1. The van der Waals surface area contributed by atoms with E-state index < -0.39 is 24.9 Å². The van der Waals surface area contributed by atoms with E-state index in [2.05, 4.69) is 10.2 Å². The van der Waals surface area contributed by atoms with Crippen LogP contribution in [0.15, 0.2) is 39.3 Å². The van der Waals surface area contributed by atoms with E-state index in [1.807, 2.05) is 0 Å². The Morgan fingerprint density at radius 2 is 1.86 bits per heavy atom. The van der Waals surface area contributed by atoms with Gasteiger partial charge < -0.3 is 20.6 Å². The van der Waals surface area contributed by atoms with Gasteiger partial charge in [-0.3, -0.25) is 18.7 Å². The molecule has 2 aromatic rings. The summed E-state index contributed by atoms with van der Waals surface area (Å²) in [6, 6.07) is 5.19. The van der Waals surface area contributed by atoms with Crippen LogP contribution in [0.4, 0.5) is 11.4 Å². The van der Waals surface area contributed by atoms with E-state index in [4.69, 9.17) is 5.73 Å². The van der Waals surface area contributed by atoms with Crippen LogP contribution in [0.1, 0.15) is 22.8 Å². The molecular formula is C15H17K2N4O6P. The summed E-state index contributed by atoms with van der Waals surface area (Å²) in [5.41, 5.74) is 4.28. The number of benzene rings is 1. The molecule has 2 radical (unpaired) electrons. The van der Waals surface area contributed by atoms with Crippen LogP contribution in [0.5, 0.6) is 5.88 Å². The second-order valence-corrected chi connectivity index (χ2v) is 6.95. The first-order valence-corrected chi connectivity index (χ1v) is 9.03. The summed E-state index contributed by atoms with van der Waals surface area (Å²) in [6.07, 6.45) is 0. The van der Waals surface area contributed by atoms with Crippen molar-refractivity contribution >= 4 is 133 Å². The van der Waals surface area contributed by atoms with E-state index in [1.165, 1.54) is 25.1 Å². The van der Waals surface area contributed by atoms with E-state index in [1.54, 1.807) is 6.92 Å². The Balaban J connectivity index is 0.00000364. The number of nitrogens with two attached hydrogens (primary N) is 1. The van der Waals surface area contributed by atoms with Gasteiger partial charge in [0.15, 0.2) is 5.69 Å². The zero-order chi connectivity index (χ0) is 19.6. The van der Waals surface area contributed by atoms with Crippen molar-refractivity contribution in [2.45, 2.75) is 20.4 Å². The second-order valence-electron chi connectivity index (χ2n) is 5.35. The number of primary amides is 1. The molecule has 13 heteroatoms. The number of carbonyl (C=O) groups excluding carboxylic acids is 1. The summed E-state index contributed by atoms with van der Waals surface area (Å²) in [5.74, 6) is -1.48.